The van der Waals surface area contributed by atoms with Gasteiger partial charge in [-0.05, 0) is 48.9 Å². The maximum Gasteiger partial charge on any atom is 0.262 e. The first-order valence-electron chi connectivity index (χ1n) is 13.8. The van der Waals surface area contributed by atoms with Gasteiger partial charge in [-0.3, -0.25) is 14.4 Å². The molecule has 2 unspecified atom stereocenters. The third-order valence-electron chi connectivity index (χ3n) is 7.58. The number of benzene rings is 2. The highest BCUT2D eigenvalue weighted by Gasteiger charge is 2.47. The molecule has 0 saturated carbocycles. The molecule has 10 nitrogen and oxygen atoms in total. The molecule has 0 aliphatic carbocycles. The Bertz CT molecular complexity index is 1550. The number of nitrogens with one attached hydrogen (secondary N) is 2. The van der Waals surface area contributed by atoms with Crippen molar-refractivity contribution in [2.75, 3.05) is 26.7 Å². The van der Waals surface area contributed by atoms with Gasteiger partial charge in [-0.25, -0.2) is 13.1 Å². The summed E-state index contributed by atoms with van der Waals surface area (Å²) >= 11 is 1.38. The van der Waals surface area contributed by atoms with Crippen LogP contribution in [0.4, 0.5) is 0 Å². The molecule has 3 atom stereocenters. The standard InChI is InChI=1S/C30H38N4O6S2/c1-7-33(26(35)17-31-42(38,39)22-13-10-12-21(16-22)40-6)23-18-34(19(23)2)29(37)27(30(3,4)5)32-28(36)25-15-20-11-8-9-14-24(20)41-25/h8-16,19,23,27,31H,7,17-18H2,1-6H3,(H,32,36)/t19?,23-,27?/m1/s1. The zero-order chi connectivity index (χ0) is 30.8. The third-order valence-corrected chi connectivity index (χ3v) is 10.1. The number of fused-ring (bicyclic) bond motifs is 1. The van der Waals surface area contributed by atoms with Crippen molar-refractivity contribution in [3.8, 4) is 5.75 Å². The van der Waals surface area contributed by atoms with Gasteiger partial charge in [0, 0.05) is 23.9 Å². The highest BCUT2D eigenvalue weighted by molar-refractivity contribution is 7.89. The number of nitrogens with zero attached hydrogens (tertiary/aromatic N) is 2. The summed E-state index contributed by atoms with van der Waals surface area (Å²) in [6, 6.07) is 14.2. The molecule has 3 aromatic rings. The molecule has 1 fully saturated rings. The van der Waals surface area contributed by atoms with Crippen LogP contribution in [-0.2, 0) is 19.6 Å². The van der Waals surface area contributed by atoms with Crippen molar-refractivity contribution in [1.82, 2.24) is 19.8 Å². The summed E-state index contributed by atoms with van der Waals surface area (Å²) in [5.74, 6) is -0.523. The molecule has 2 aromatic carbocycles. The first-order valence-corrected chi connectivity index (χ1v) is 16.1. The number of likely N-dealkylation sites (N-methyl/N-ethyl adjacent to an activating group) is 1. The summed E-state index contributed by atoms with van der Waals surface area (Å²) in [7, 11) is -2.49. The normalized spacial score (nSPS) is 17.8. The van der Waals surface area contributed by atoms with Gasteiger partial charge in [-0.2, -0.15) is 0 Å². The Balaban J connectivity index is 1.40. The third kappa shape index (κ3) is 6.61. The second-order valence-electron chi connectivity index (χ2n) is 11.4. The molecule has 0 spiro atoms. The van der Waals surface area contributed by atoms with E-state index in [0.29, 0.717) is 17.2 Å². The SMILES string of the molecule is CCN(C(=O)CNS(=O)(=O)c1cccc(OC)c1)[C@@H]1CN(C(=O)C(NC(=O)c2cc3ccccc3s2)C(C)(C)C)C1C. The number of amides is 3. The number of hydrogen-bond donors (Lipinski definition) is 2. The van der Waals surface area contributed by atoms with Crippen LogP contribution >= 0.6 is 11.3 Å². The van der Waals surface area contributed by atoms with Crippen molar-refractivity contribution >= 4 is 49.2 Å². The Labute approximate surface area is 251 Å². The van der Waals surface area contributed by atoms with E-state index >= 15 is 0 Å². The first-order chi connectivity index (χ1) is 19.8. The molecular weight excluding hydrogens is 576 g/mol. The van der Waals surface area contributed by atoms with Gasteiger partial charge in [-0.15, -0.1) is 11.3 Å². The van der Waals surface area contributed by atoms with E-state index in [1.165, 1.54) is 30.6 Å². The quantitative estimate of drug-likeness (QED) is 0.360. The molecule has 1 aliphatic rings. The second kappa shape index (κ2) is 12.4. The van der Waals surface area contributed by atoms with Gasteiger partial charge in [0.05, 0.1) is 35.5 Å². The summed E-state index contributed by atoms with van der Waals surface area (Å²) in [6.45, 7) is 9.60. The van der Waals surface area contributed by atoms with E-state index in [1.807, 2.05) is 65.0 Å². The molecule has 2 heterocycles. The van der Waals surface area contributed by atoms with Crippen molar-refractivity contribution in [3.63, 3.8) is 0 Å². The zero-order valence-electron chi connectivity index (χ0n) is 24.7. The van der Waals surface area contributed by atoms with Gasteiger partial charge in [0.1, 0.15) is 11.8 Å². The fraction of sp³-hybridized carbons (Fsp3) is 0.433. The van der Waals surface area contributed by atoms with Crippen LogP contribution in [0, 0.1) is 5.41 Å². The maximum absolute atomic E-state index is 13.7. The van der Waals surface area contributed by atoms with Crippen LogP contribution in [0.2, 0.25) is 0 Å². The van der Waals surface area contributed by atoms with Gasteiger partial charge in [0.2, 0.25) is 21.8 Å². The van der Waals surface area contributed by atoms with Crippen molar-refractivity contribution < 1.29 is 27.5 Å². The van der Waals surface area contributed by atoms with Crippen LogP contribution in [0.15, 0.2) is 59.5 Å². The van der Waals surface area contributed by atoms with Crippen LogP contribution in [-0.4, -0.2) is 80.8 Å². The van der Waals surface area contributed by atoms with Crippen molar-refractivity contribution in [2.45, 2.75) is 57.6 Å². The number of carbonyl (C=O) groups excluding carboxylic acids is 3. The number of thiophene rings is 1. The second-order valence-corrected chi connectivity index (χ2v) is 14.3. The molecule has 4 rings (SSSR count). The molecular formula is C30H38N4O6S2. The molecule has 226 valence electrons. The van der Waals surface area contributed by atoms with Gasteiger partial charge in [0.25, 0.3) is 5.91 Å². The summed E-state index contributed by atoms with van der Waals surface area (Å²) < 4.78 is 34.0. The van der Waals surface area contributed by atoms with Gasteiger partial charge < -0.3 is 19.9 Å². The lowest BCUT2D eigenvalue weighted by Crippen LogP contribution is -2.71. The van der Waals surface area contributed by atoms with Gasteiger partial charge in [-0.1, -0.05) is 45.0 Å². The monoisotopic (exact) mass is 614 g/mol. The highest BCUT2D eigenvalue weighted by atomic mass is 32.2. The van der Waals surface area contributed by atoms with Crippen molar-refractivity contribution in [1.29, 1.82) is 0 Å². The fourth-order valence-electron chi connectivity index (χ4n) is 5.06. The minimum Gasteiger partial charge on any atom is -0.497 e. The smallest absolute Gasteiger partial charge is 0.262 e. The minimum atomic E-state index is -3.93. The number of hydrogen-bond acceptors (Lipinski definition) is 7. The highest BCUT2D eigenvalue weighted by Crippen LogP contribution is 2.30. The largest absolute Gasteiger partial charge is 0.497 e. The molecule has 12 heteroatoms. The number of likely N-dealkylation sites (tertiary alicyclic amines) is 1. The fourth-order valence-corrected chi connectivity index (χ4v) is 7.03. The summed E-state index contributed by atoms with van der Waals surface area (Å²) in [6.07, 6.45) is 0. The Morgan fingerprint density at radius 3 is 2.45 bits per heavy atom. The first kappa shape index (κ1) is 31.5. The maximum atomic E-state index is 13.7. The summed E-state index contributed by atoms with van der Waals surface area (Å²) in [5, 5.41) is 3.93. The molecule has 42 heavy (non-hydrogen) atoms. The predicted molar refractivity (Wildman–Crippen MR) is 163 cm³/mol. The van der Waals surface area contributed by atoms with Gasteiger partial charge in [0.15, 0.2) is 0 Å². The van der Waals surface area contributed by atoms with Crippen LogP contribution in [0.5, 0.6) is 5.75 Å². The molecule has 1 aromatic heterocycles. The lowest BCUT2D eigenvalue weighted by Gasteiger charge is -2.52. The van der Waals surface area contributed by atoms with E-state index in [9.17, 15) is 22.8 Å². The number of sulfonamides is 1. The van der Waals surface area contributed by atoms with Crippen LogP contribution in [0.25, 0.3) is 10.1 Å². The predicted octanol–water partition coefficient (Wildman–Crippen LogP) is 3.48. The van der Waals surface area contributed by atoms with E-state index < -0.39 is 33.9 Å². The molecule has 3 amide bonds. The average molecular weight is 615 g/mol. The lowest BCUT2D eigenvalue weighted by molar-refractivity contribution is -0.155. The van der Waals surface area contributed by atoms with E-state index in [2.05, 4.69) is 10.0 Å². The summed E-state index contributed by atoms with van der Waals surface area (Å²) in [5.41, 5.74) is -0.563. The molecule has 1 aliphatic heterocycles. The van der Waals surface area contributed by atoms with E-state index in [0.717, 1.165) is 10.1 Å². The molecule has 0 radical (unpaired) electrons. The van der Waals surface area contributed by atoms with E-state index in [1.54, 1.807) is 21.9 Å². The van der Waals surface area contributed by atoms with Gasteiger partial charge >= 0.3 is 0 Å². The van der Waals surface area contributed by atoms with E-state index in [-0.39, 0.29) is 35.3 Å². The van der Waals surface area contributed by atoms with Crippen molar-refractivity contribution in [2.24, 2.45) is 5.41 Å². The van der Waals surface area contributed by atoms with Crippen molar-refractivity contribution in [3.05, 3.63) is 59.5 Å². The molecule has 1 saturated heterocycles. The minimum absolute atomic E-state index is 0.00241. The zero-order valence-corrected chi connectivity index (χ0v) is 26.3. The summed E-state index contributed by atoms with van der Waals surface area (Å²) in [4.78, 5) is 43.8. The number of methoxy groups -OCH3 is 1. The van der Waals surface area contributed by atoms with Crippen LogP contribution in [0.3, 0.4) is 0 Å². The van der Waals surface area contributed by atoms with E-state index in [4.69, 9.17) is 4.74 Å². The Kier molecular flexibility index (Phi) is 9.29. The molecule has 0 bridgehead atoms. The van der Waals surface area contributed by atoms with Crippen LogP contribution < -0.4 is 14.8 Å². The number of ether oxygens (including phenoxy) is 1. The Hall–Kier alpha value is -3.48. The topological polar surface area (TPSA) is 125 Å². The Morgan fingerprint density at radius 1 is 1.12 bits per heavy atom. The number of rotatable bonds is 10. The number of carbonyl (C=O) groups is 3. The molecule has 2 N–H and O–H groups in total. The lowest BCUT2D eigenvalue weighted by atomic mass is 9.83. The Morgan fingerprint density at radius 2 is 1.83 bits per heavy atom. The van der Waals surface area contributed by atoms with Crippen LogP contribution in [0.1, 0.15) is 44.3 Å². The average Bonchev–Trinajstić information content (AvgIpc) is 3.40.